The molecule has 0 radical (unpaired) electrons. The Labute approximate surface area is 176 Å². The van der Waals surface area contributed by atoms with Gasteiger partial charge in [0.05, 0.1) is 13.2 Å². The van der Waals surface area contributed by atoms with E-state index in [1.165, 1.54) is 6.42 Å². The van der Waals surface area contributed by atoms with Crippen molar-refractivity contribution in [2.45, 2.75) is 31.3 Å². The van der Waals surface area contributed by atoms with Crippen molar-refractivity contribution in [1.82, 2.24) is 25.7 Å². The molecule has 2 aromatic rings. The van der Waals surface area contributed by atoms with Crippen LogP contribution in [0.1, 0.15) is 29.6 Å². The molecule has 8 nitrogen and oxygen atoms in total. The number of hydrazine groups is 1. The zero-order chi connectivity index (χ0) is 20.3. The van der Waals surface area contributed by atoms with Crippen molar-refractivity contribution >= 4 is 11.7 Å². The number of carbonyl (C=O) groups is 1. The number of morpholine rings is 1. The van der Waals surface area contributed by atoms with E-state index in [-0.39, 0.29) is 5.91 Å². The highest BCUT2D eigenvalue weighted by Crippen LogP contribution is 2.28. The lowest BCUT2D eigenvalue weighted by Crippen LogP contribution is -2.40. The molecule has 1 amide bonds. The maximum Gasteiger partial charge on any atom is 0.254 e. The molecule has 1 saturated carbocycles. The van der Waals surface area contributed by atoms with Crippen LogP contribution in [0.5, 0.6) is 0 Å². The van der Waals surface area contributed by atoms with Crippen LogP contribution >= 0.6 is 0 Å². The molecule has 3 atom stereocenters. The molecule has 1 aromatic carbocycles. The molecule has 5 rings (SSSR count). The Morgan fingerprint density at radius 1 is 1.20 bits per heavy atom. The zero-order valence-corrected chi connectivity index (χ0v) is 17.0. The summed E-state index contributed by atoms with van der Waals surface area (Å²) < 4.78 is 5.35. The van der Waals surface area contributed by atoms with Gasteiger partial charge in [0.15, 0.2) is 5.82 Å². The molecule has 8 heteroatoms. The Morgan fingerprint density at radius 3 is 3.00 bits per heavy atom. The van der Waals surface area contributed by atoms with Crippen molar-refractivity contribution < 1.29 is 9.53 Å². The van der Waals surface area contributed by atoms with Crippen molar-refractivity contribution in [2.75, 3.05) is 38.2 Å². The number of hydrogen-bond donors (Lipinski definition) is 3. The van der Waals surface area contributed by atoms with Crippen molar-refractivity contribution in [3.05, 3.63) is 42.1 Å². The summed E-state index contributed by atoms with van der Waals surface area (Å²) in [6.45, 7) is 3.48. The first kappa shape index (κ1) is 19.4. The van der Waals surface area contributed by atoms with Gasteiger partial charge in [-0.1, -0.05) is 12.1 Å². The van der Waals surface area contributed by atoms with Crippen LogP contribution in [0.4, 0.5) is 5.82 Å². The first-order valence-corrected chi connectivity index (χ1v) is 10.8. The highest BCUT2D eigenvalue weighted by atomic mass is 16.5. The number of amides is 1. The summed E-state index contributed by atoms with van der Waals surface area (Å²) in [6.07, 6.45) is 5.21. The van der Waals surface area contributed by atoms with Crippen molar-refractivity contribution in [2.24, 2.45) is 5.92 Å². The number of hydrogen-bond acceptors (Lipinski definition) is 7. The Bertz CT molecular complexity index is 901. The van der Waals surface area contributed by atoms with E-state index in [0.29, 0.717) is 55.7 Å². The van der Waals surface area contributed by atoms with E-state index in [0.717, 1.165) is 30.8 Å². The summed E-state index contributed by atoms with van der Waals surface area (Å²) in [7, 11) is 0. The third-order valence-electron chi connectivity index (χ3n) is 6.31. The SMILES string of the molecule is O=C(c1cccc(-c2nccc(NC3CCC4NNCC4C3)n2)c1)N1CCOCC1. The summed E-state index contributed by atoms with van der Waals surface area (Å²) in [4.78, 5) is 23.8. The minimum Gasteiger partial charge on any atom is -0.378 e. The lowest BCUT2D eigenvalue weighted by atomic mass is 9.83. The standard InChI is InChI=1S/C22H28N6O2/c29-22(28-8-10-30-11-9-28)16-3-1-2-15(12-16)21-23-7-6-20(26-21)25-18-4-5-19-17(13-18)14-24-27-19/h1-3,6-7,12,17-19,24,27H,4-5,8-11,13-14H2,(H,23,25,26). The number of carbonyl (C=O) groups excluding carboxylic acids is 1. The molecule has 30 heavy (non-hydrogen) atoms. The molecule has 1 aromatic heterocycles. The van der Waals surface area contributed by atoms with Crippen molar-refractivity contribution in [3.63, 3.8) is 0 Å². The van der Waals surface area contributed by atoms with Crippen molar-refractivity contribution in [3.8, 4) is 11.4 Å². The smallest absolute Gasteiger partial charge is 0.254 e. The number of nitrogens with one attached hydrogen (secondary N) is 3. The van der Waals surface area contributed by atoms with E-state index in [9.17, 15) is 4.79 Å². The molecule has 2 aliphatic heterocycles. The maximum absolute atomic E-state index is 12.8. The van der Waals surface area contributed by atoms with Crippen LogP contribution in [-0.2, 0) is 4.74 Å². The Balaban J connectivity index is 1.29. The Morgan fingerprint density at radius 2 is 2.10 bits per heavy atom. The summed E-state index contributed by atoms with van der Waals surface area (Å²) in [6, 6.07) is 10.5. The molecule has 2 saturated heterocycles. The first-order chi connectivity index (χ1) is 14.8. The average Bonchev–Trinajstić information content (AvgIpc) is 3.27. The summed E-state index contributed by atoms with van der Waals surface area (Å²) in [5.41, 5.74) is 8.16. The van der Waals surface area contributed by atoms with Gasteiger partial charge in [-0.05, 0) is 43.4 Å². The number of ether oxygens (including phenoxy) is 1. The fourth-order valence-corrected chi connectivity index (χ4v) is 4.66. The molecule has 3 fully saturated rings. The Kier molecular flexibility index (Phi) is 5.61. The second kappa shape index (κ2) is 8.67. The molecule has 3 heterocycles. The quantitative estimate of drug-likeness (QED) is 0.709. The van der Waals surface area contributed by atoms with Crippen LogP contribution < -0.4 is 16.2 Å². The topological polar surface area (TPSA) is 91.4 Å². The molecular formula is C22H28N6O2. The number of benzene rings is 1. The van der Waals surface area contributed by atoms with Gasteiger partial charge in [-0.15, -0.1) is 0 Å². The predicted molar refractivity (Wildman–Crippen MR) is 114 cm³/mol. The summed E-state index contributed by atoms with van der Waals surface area (Å²) >= 11 is 0. The summed E-state index contributed by atoms with van der Waals surface area (Å²) in [5.74, 6) is 2.17. The lowest BCUT2D eigenvalue weighted by molar-refractivity contribution is 0.0303. The summed E-state index contributed by atoms with van der Waals surface area (Å²) in [5, 5.41) is 3.60. The molecule has 3 N–H and O–H groups in total. The average molecular weight is 409 g/mol. The van der Waals surface area contributed by atoms with Crippen LogP contribution in [0.3, 0.4) is 0 Å². The largest absolute Gasteiger partial charge is 0.378 e. The number of anilines is 1. The van der Waals surface area contributed by atoms with Gasteiger partial charge < -0.3 is 15.0 Å². The fraction of sp³-hybridized carbons (Fsp3) is 0.500. The molecule has 3 aliphatic rings. The fourth-order valence-electron chi connectivity index (χ4n) is 4.66. The van der Waals surface area contributed by atoms with Crippen LogP contribution in [-0.4, -0.2) is 65.7 Å². The van der Waals surface area contributed by atoms with Gasteiger partial charge in [-0.2, -0.15) is 0 Å². The van der Waals surface area contributed by atoms with Crippen LogP contribution in [0.25, 0.3) is 11.4 Å². The first-order valence-electron chi connectivity index (χ1n) is 10.8. The van der Waals surface area contributed by atoms with Gasteiger partial charge in [0.2, 0.25) is 0 Å². The van der Waals surface area contributed by atoms with Gasteiger partial charge in [-0.25, -0.2) is 9.97 Å². The maximum atomic E-state index is 12.8. The normalized spacial score (nSPS) is 26.3. The van der Waals surface area contributed by atoms with E-state index < -0.39 is 0 Å². The van der Waals surface area contributed by atoms with E-state index in [4.69, 9.17) is 9.72 Å². The van der Waals surface area contributed by atoms with Crippen LogP contribution in [0.15, 0.2) is 36.5 Å². The van der Waals surface area contributed by atoms with E-state index in [2.05, 4.69) is 21.2 Å². The number of rotatable bonds is 4. The zero-order valence-electron chi connectivity index (χ0n) is 17.0. The van der Waals surface area contributed by atoms with E-state index >= 15 is 0 Å². The molecule has 0 spiro atoms. The highest BCUT2D eigenvalue weighted by molar-refractivity contribution is 5.95. The van der Waals surface area contributed by atoms with Gasteiger partial charge >= 0.3 is 0 Å². The second-order valence-corrected chi connectivity index (χ2v) is 8.30. The van der Waals surface area contributed by atoms with E-state index in [1.54, 1.807) is 6.20 Å². The second-order valence-electron chi connectivity index (χ2n) is 8.30. The number of aromatic nitrogens is 2. The van der Waals surface area contributed by atoms with Crippen LogP contribution in [0, 0.1) is 5.92 Å². The molecular weight excluding hydrogens is 380 g/mol. The molecule has 3 unspecified atom stereocenters. The van der Waals surface area contributed by atoms with E-state index in [1.807, 2.05) is 35.2 Å². The highest BCUT2D eigenvalue weighted by Gasteiger charge is 2.33. The lowest BCUT2D eigenvalue weighted by Gasteiger charge is -2.31. The van der Waals surface area contributed by atoms with Gasteiger partial charge in [-0.3, -0.25) is 15.6 Å². The van der Waals surface area contributed by atoms with Gasteiger partial charge in [0.25, 0.3) is 5.91 Å². The van der Waals surface area contributed by atoms with Gasteiger partial charge in [0.1, 0.15) is 5.82 Å². The molecule has 0 bridgehead atoms. The third kappa shape index (κ3) is 4.16. The number of fused-ring (bicyclic) bond motifs is 1. The van der Waals surface area contributed by atoms with Crippen molar-refractivity contribution in [1.29, 1.82) is 0 Å². The molecule has 1 aliphatic carbocycles. The number of nitrogens with zero attached hydrogens (tertiary/aromatic N) is 3. The minimum absolute atomic E-state index is 0.0324. The predicted octanol–water partition coefficient (Wildman–Crippen LogP) is 1.67. The molecule has 158 valence electrons. The van der Waals surface area contributed by atoms with Crippen LogP contribution in [0.2, 0.25) is 0 Å². The Hall–Kier alpha value is -2.55. The van der Waals surface area contributed by atoms with Gasteiger partial charge in [0, 0.05) is 49.0 Å². The monoisotopic (exact) mass is 408 g/mol. The third-order valence-corrected chi connectivity index (χ3v) is 6.31. The minimum atomic E-state index is 0.0324.